The zero-order valence-electron chi connectivity index (χ0n) is 9.25. The molecule has 1 aromatic carbocycles. The molecule has 0 heterocycles. The largest absolute Gasteiger partial charge is 0.317 e. The predicted molar refractivity (Wildman–Crippen MR) is 67.6 cm³/mol. The van der Waals surface area contributed by atoms with E-state index in [2.05, 4.69) is 12.2 Å². The van der Waals surface area contributed by atoms with E-state index in [4.69, 9.17) is 0 Å². The average Bonchev–Trinajstić information content (AvgIpc) is 2.22. The lowest BCUT2D eigenvalue weighted by atomic mass is 10.2. The van der Waals surface area contributed by atoms with Crippen LogP contribution in [0.2, 0.25) is 0 Å². The van der Waals surface area contributed by atoms with Gasteiger partial charge in [-0.3, -0.25) is 4.79 Å². The van der Waals surface area contributed by atoms with Gasteiger partial charge in [0.15, 0.2) is 0 Å². The van der Waals surface area contributed by atoms with E-state index < -0.39 is 0 Å². The molecule has 2 nitrogen and oxygen atoms in total. The van der Waals surface area contributed by atoms with Crippen molar-refractivity contribution in [2.24, 2.45) is 0 Å². The topological polar surface area (TPSA) is 29.1 Å². The van der Waals surface area contributed by atoms with Crippen LogP contribution in [0.3, 0.4) is 0 Å². The summed E-state index contributed by atoms with van der Waals surface area (Å²) in [5.74, 6) is 0.897. The fourth-order valence-corrected chi connectivity index (χ4v) is 1.91. The fraction of sp³-hybridized carbons (Fsp3) is 0.417. The first kappa shape index (κ1) is 12.1. The Bertz CT molecular complexity index is 308. The molecule has 0 spiro atoms. The number of amides is 1. The van der Waals surface area contributed by atoms with Crippen molar-refractivity contribution in [2.75, 3.05) is 11.1 Å². The van der Waals surface area contributed by atoms with Gasteiger partial charge in [0, 0.05) is 11.4 Å². The molecule has 0 unspecified atom stereocenters. The standard InChI is InChI=1S/C12H17NOS/c1-3-4-9-15-12(14)13-11-7-5-10(2)6-8-11/h5-8H,3-4,9H2,1-2H3,(H,13,14). The van der Waals surface area contributed by atoms with Gasteiger partial charge in [-0.05, 0) is 25.5 Å². The van der Waals surface area contributed by atoms with Gasteiger partial charge >= 0.3 is 0 Å². The molecule has 1 rings (SSSR count). The Morgan fingerprint density at radius 3 is 2.60 bits per heavy atom. The number of nitrogens with one attached hydrogen (secondary N) is 1. The van der Waals surface area contributed by atoms with E-state index in [9.17, 15) is 4.79 Å². The molecule has 15 heavy (non-hydrogen) atoms. The minimum Gasteiger partial charge on any atom is -0.317 e. The van der Waals surface area contributed by atoms with Crippen molar-refractivity contribution < 1.29 is 4.79 Å². The SMILES string of the molecule is CCCCSC(=O)Nc1ccc(C)cc1. The Balaban J connectivity index is 2.34. The number of unbranched alkanes of at least 4 members (excludes halogenated alkanes) is 1. The first-order chi connectivity index (χ1) is 7.22. The van der Waals surface area contributed by atoms with Crippen LogP contribution in [0.1, 0.15) is 25.3 Å². The van der Waals surface area contributed by atoms with Gasteiger partial charge in [0.05, 0.1) is 0 Å². The van der Waals surface area contributed by atoms with Crippen LogP contribution in [0.5, 0.6) is 0 Å². The smallest absolute Gasteiger partial charge is 0.283 e. The fourth-order valence-electron chi connectivity index (χ4n) is 1.10. The van der Waals surface area contributed by atoms with Gasteiger partial charge in [-0.1, -0.05) is 42.8 Å². The maximum atomic E-state index is 11.4. The molecular formula is C12H17NOS. The zero-order valence-corrected chi connectivity index (χ0v) is 10.1. The molecule has 1 N–H and O–H groups in total. The van der Waals surface area contributed by atoms with Gasteiger partial charge in [-0.2, -0.15) is 0 Å². The average molecular weight is 223 g/mol. The number of carbonyl (C=O) groups excluding carboxylic acids is 1. The highest BCUT2D eigenvalue weighted by molar-refractivity contribution is 8.13. The Labute approximate surface area is 95.5 Å². The van der Waals surface area contributed by atoms with E-state index in [0.29, 0.717) is 0 Å². The molecule has 0 bridgehead atoms. The van der Waals surface area contributed by atoms with Crippen LogP contribution < -0.4 is 5.32 Å². The minimum absolute atomic E-state index is 0.0345. The quantitative estimate of drug-likeness (QED) is 0.780. The van der Waals surface area contributed by atoms with Gasteiger partial charge < -0.3 is 5.32 Å². The highest BCUT2D eigenvalue weighted by atomic mass is 32.2. The lowest BCUT2D eigenvalue weighted by Gasteiger charge is -2.04. The van der Waals surface area contributed by atoms with Crippen molar-refractivity contribution >= 4 is 22.7 Å². The highest BCUT2D eigenvalue weighted by Gasteiger charge is 2.01. The number of hydrogen-bond donors (Lipinski definition) is 1. The van der Waals surface area contributed by atoms with Crippen LogP contribution in [0, 0.1) is 6.92 Å². The third kappa shape index (κ3) is 4.88. The van der Waals surface area contributed by atoms with Crippen LogP contribution in [0.25, 0.3) is 0 Å². The number of hydrogen-bond acceptors (Lipinski definition) is 2. The maximum Gasteiger partial charge on any atom is 0.283 e. The van der Waals surface area contributed by atoms with Crippen molar-refractivity contribution in [3.05, 3.63) is 29.8 Å². The minimum atomic E-state index is 0.0345. The second-order valence-electron chi connectivity index (χ2n) is 3.48. The molecule has 82 valence electrons. The van der Waals surface area contributed by atoms with Crippen LogP contribution in [-0.4, -0.2) is 11.0 Å². The summed E-state index contributed by atoms with van der Waals surface area (Å²) in [6.45, 7) is 4.15. The molecule has 0 aromatic heterocycles. The van der Waals surface area contributed by atoms with Gasteiger partial charge in [-0.25, -0.2) is 0 Å². The lowest BCUT2D eigenvalue weighted by Crippen LogP contribution is -2.05. The van der Waals surface area contributed by atoms with Crippen LogP contribution in [0.15, 0.2) is 24.3 Å². The van der Waals surface area contributed by atoms with Gasteiger partial charge in [0.2, 0.25) is 0 Å². The van der Waals surface area contributed by atoms with E-state index in [0.717, 1.165) is 24.3 Å². The van der Waals surface area contributed by atoms with Gasteiger partial charge in [-0.15, -0.1) is 0 Å². The Hall–Kier alpha value is -0.960. The van der Waals surface area contributed by atoms with Crippen LogP contribution in [-0.2, 0) is 0 Å². The molecule has 0 fully saturated rings. The van der Waals surface area contributed by atoms with Crippen molar-refractivity contribution in [3.8, 4) is 0 Å². The number of benzene rings is 1. The number of thioether (sulfide) groups is 1. The molecule has 0 atom stereocenters. The van der Waals surface area contributed by atoms with Crippen molar-refractivity contribution in [2.45, 2.75) is 26.7 Å². The van der Waals surface area contributed by atoms with E-state index in [1.54, 1.807) is 0 Å². The Kier molecular flexibility index (Phi) is 5.26. The number of anilines is 1. The van der Waals surface area contributed by atoms with Gasteiger partial charge in [0.25, 0.3) is 5.24 Å². The maximum absolute atomic E-state index is 11.4. The third-order valence-corrected chi connectivity index (χ3v) is 2.89. The molecule has 1 amide bonds. The van der Waals surface area contributed by atoms with Crippen LogP contribution in [0.4, 0.5) is 10.5 Å². The summed E-state index contributed by atoms with van der Waals surface area (Å²) in [4.78, 5) is 11.4. The number of carbonyl (C=O) groups is 1. The highest BCUT2D eigenvalue weighted by Crippen LogP contribution is 2.13. The molecule has 1 aromatic rings. The monoisotopic (exact) mass is 223 g/mol. The van der Waals surface area contributed by atoms with E-state index >= 15 is 0 Å². The zero-order chi connectivity index (χ0) is 11.1. The molecular weight excluding hydrogens is 206 g/mol. The normalized spacial score (nSPS) is 10.0. The molecule has 0 aliphatic carbocycles. The Morgan fingerprint density at radius 2 is 2.00 bits per heavy atom. The second-order valence-corrected chi connectivity index (χ2v) is 4.55. The second kappa shape index (κ2) is 6.51. The molecule has 0 saturated heterocycles. The molecule has 0 saturated carbocycles. The lowest BCUT2D eigenvalue weighted by molar-refractivity contribution is 0.270. The van der Waals surface area contributed by atoms with Crippen molar-refractivity contribution in [1.29, 1.82) is 0 Å². The summed E-state index contributed by atoms with van der Waals surface area (Å²) in [5, 5.41) is 2.89. The molecule has 0 aliphatic heterocycles. The number of rotatable bonds is 4. The summed E-state index contributed by atoms with van der Waals surface area (Å²) < 4.78 is 0. The van der Waals surface area contributed by atoms with Crippen LogP contribution >= 0.6 is 11.8 Å². The Morgan fingerprint density at radius 1 is 1.33 bits per heavy atom. The predicted octanol–water partition coefficient (Wildman–Crippen LogP) is 4.06. The number of aryl methyl sites for hydroxylation is 1. The van der Waals surface area contributed by atoms with E-state index in [1.807, 2.05) is 31.2 Å². The summed E-state index contributed by atoms with van der Waals surface area (Å²) in [6, 6.07) is 7.83. The van der Waals surface area contributed by atoms with Crippen molar-refractivity contribution in [1.82, 2.24) is 0 Å². The summed E-state index contributed by atoms with van der Waals surface area (Å²) >= 11 is 1.35. The van der Waals surface area contributed by atoms with E-state index in [-0.39, 0.29) is 5.24 Å². The first-order valence-corrected chi connectivity index (χ1v) is 6.21. The summed E-state index contributed by atoms with van der Waals surface area (Å²) in [6.07, 6.45) is 2.22. The summed E-state index contributed by atoms with van der Waals surface area (Å²) in [5.41, 5.74) is 2.07. The van der Waals surface area contributed by atoms with Crippen molar-refractivity contribution in [3.63, 3.8) is 0 Å². The first-order valence-electron chi connectivity index (χ1n) is 5.23. The van der Waals surface area contributed by atoms with E-state index in [1.165, 1.54) is 17.3 Å². The molecule has 0 radical (unpaired) electrons. The summed E-state index contributed by atoms with van der Waals surface area (Å²) in [7, 11) is 0. The molecule has 0 aliphatic rings. The van der Waals surface area contributed by atoms with Gasteiger partial charge in [0.1, 0.15) is 0 Å². The molecule has 3 heteroatoms. The third-order valence-electron chi connectivity index (χ3n) is 2.03.